The van der Waals surface area contributed by atoms with Crippen molar-refractivity contribution in [1.29, 1.82) is 0 Å². The Labute approximate surface area is 188 Å². The van der Waals surface area contributed by atoms with Crippen LogP contribution in [0, 0.1) is 12.7 Å². The standard InChI is InChI=1S/C25H28FN5O/c1-17(2)22-18(3)27-23(19-9-5-4-6-10-19)29-24(22)30-13-15-31(16-14-30)25(32)28-21-12-8-7-11-20(21)26/h4-12,17H,13-16H2,1-3H3,(H,28,32). The van der Waals surface area contributed by atoms with Crippen molar-refractivity contribution in [2.75, 3.05) is 36.4 Å². The number of aryl methyl sites for hydroxylation is 1. The molecule has 7 heteroatoms. The zero-order valence-corrected chi connectivity index (χ0v) is 18.7. The first-order valence-electron chi connectivity index (χ1n) is 10.9. The molecule has 1 N–H and O–H groups in total. The molecule has 2 amide bonds. The van der Waals surface area contributed by atoms with Crippen molar-refractivity contribution in [3.63, 3.8) is 0 Å². The highest BCUT2D eigenvalue weighted by molar-refractivity contribution is 5.89. The van der Waals surface area contributed by atoms with Gasteiger partial charge in [-0.2, -0.15) is 0 Å². The van der Waals surface area contributed by atoms with E-state index in [2.05, 4.69) is 24.1 Å². The first-order valence-corrected chi connectivity index (χ1v) is 10.9. The maximum atomic E-state index is 13.9. The fourth-order valence-electron chi connectivity index (χ4n) is 4.08. The Balaban J connectivity index is 1.53. The third kappa shape index (κ3) is 4.56. The van der Waals surface area contributed by atoms with Crippen LogP contribution in [0.3, 0.4) is 0 Å². The first-order chi connectivity index (χ1) is 15.4. The lowest BCUT2D eigenvalue weighted by Gasteiger charge is -2.37. The van der Waals surface area contributed by atoms with Gasteiger partial charge in [0.1, 0.15) is 11.6 Å². The van der Waals surface area contributed by atoms with Gasteiger partial charge >= 0.3 is 6.03 Å². The summed E-state index contributed by atoms with van der Waals surface area (Å²) in [5, 5.41) is 2.67. The molecule has 0 unspecified atom stereocenters. The second-order valence-corrected chi connectivity index (χ2v) is 8.27. The summed E-state index contributed by atoms with van der Waals surface area (Å²) in [4.78, 5) is 26.3. The van der Waals surface area contributed by atoms with Gasteiger partial charge in [0, 0.05) is 43.0 Å². The zero-order chi connectivity index (χ0) is 22.7. The highest BCUT2D eigenvalue weighted by atomic mass is 19.1. The van der Waals surface area contributed by atoms with Gasteiger partial charge in [0.05, 0.1) is 5.69 Å². The summed E-state index contributed by atoms with van der Waals surface area (Å²) in [6.45, 7) is 8.68. The summed E-state index contributed by atoms with van der Waals surface area (Å²) in [5.74, 6) is 1.48. The molecule has 166 valence electrons. The number of para-hydroxylation sites is 1. The predicted octanol–water partition coefficient (Wildman–Crippen LogP) is 5.07. The quantitative estimate of drug-likeness (QED) is 0.624. The molecule has 4 rings (SSSR count). The molecule has 0 atom stereocenters. The molecule has 0 radical (unpaired) electrons. The number of halogens is 1. The number of amides is 2. The third-order valence-electron chi connectivity index (χ3n) is 5.71. The van der Waals surface area contributed by atoms with E-state index in [1.165, 1.54) is 6.07 Å². The Bertz CT molecular complexity index is 1090. The number of piperazine rings is 1. The molecule has 1 aliphatic heterocycles. The van der Waals surface area contributed by atoms with Crippen LogP contribution in [0.4, 0.5) is 20.7 Å². The number of carbonyl (C=O) groups is 1. The molecule has 6 nitrogen and oxygen atoms in total. The minimum atomic E-state index is -0.439. The lowest BCUT2D eigenvalue weighted by molar-refractivity contribution is 0.208. The maximum Gasteiger partial charge on any atom is 0.322 e. The molecular formula is C25H28FN5O. The Morgan fingerprint density at radius 2 is 1.62 bits per heavy atom. The maximum absolute atomic E-state index is 13.9. The van der Waals surface area contributed by atoms with E-state index >= 15 is 0 Å². The van der Waals surface area contributed by atoms with Crippen molar-refractivity contribution in [2.24, 2.45) is 0 Å². The van der Waals surface area contributed by atoms with Crippen molar-refractivity contribution in [1.82, 2.24) is 14.9 Å². The smallest absolute Gasteiger partial charge is 0.322 e. The van der Waals surface area contributed by atoms with Gasteiger partial charge < -0.3 is 15.1 Å². The van der Waals surface area contributed by atoms with Gasteiger partial charge in [0.15, 0.2) is 5.82 Å². The molecule has 0 saturated carbocycles. The predicted molar refractivity (Wildman–Crippen MR) is 125 cm³/mol. The minimum absolute atomic E-state index is 0.195. The Morgan fingerprint density at radius 1 is 0.969 bits per heavy atom. The molecule has 1 aliphatic rings. The molecule has 0 bridgehead atoms. The van der Waals surface area contributed by atoms with Crippen molar-refractivity contribution < 1.29 is 9.18 Å². The van der Waals surface area contributed by atoms with Crippen LogP contribution in [0.2, 0.25) is 0 Å². The lowest BCUT2D eigenvalue weighted by Crippen LogP contribution is -2.50. The molecular weight excluding hydrogens is 405 g/mol. The van der Waals surface area contributed by atoms with Crippen molar-refractivity contribution >= 4 is 17.5 Å². The van der Waals surface area contributed by atoms with Crippen LogP contribution in [0.1, 0.15) is 31.0 Å². The average molecular weight is 434 g/mol. The van der Waals surface area contributed by atoms with E-state index in [1.807, 2.05) is 37.3 Å². The van der Waals surface area contributed by atoms with Crippen LogP contribution in [-0.4, -0.2) is 47.1 Å². The second-order valence-electron chi connectivity index (χ2n) is 8.27. The van der Waals surface area contributed by atoms with Crippen LogP contribution >= 0.6 is 0 Å². The van der Waals surface area contributed by atoms with Gasteiger partial charge in [-0.1, -0.05) is 56.3 Å². The van der Waals surface area contributed by atoms with E-state index in [4.69, 9.17) is 9.97 Å². The number of urea groups is 1. The van der Waals surface area contributed by atoms with E-state index in [0.717, 1.165) is 22.6 Å². The normalized spacial score (nSPS) is 14.0. The van der Waals surface area contributed by atoms with E-state index < -0.39 is 5.82 Å². The number of anilines is 2. The van der Waals surface area contributed by atoms with E-state index in [9.17, 15) is 9.18 Å². The van der Waals surface area contributed by atoms with E-state index in [0.29, 0.717) is 32.0 Å². The molecule has 1 fully saturated rings. The van der Waals surface area contributed by atoms with Gasteiger partial charge in [-0.25, -0.2) is 19.2 Å². The summed E-state index contributed by atoms with van der Waals surface area (Å²) in [7, 11) is 0. The van der Waals surface area contributed by atoms with Crippen LogP contribution in [0.15, 0.2) is 54.6 Å². The fraction of sp³-hybridized carbons (Fsp3) is 0.320. The number of benzene rings is 2. The van der Waals surface area contributed by atoms with Gasteiger partial charge in [0.2, 0.25) is 0 Å². The summed E-state index contributed by atoms with van der Waals surface area (Å²) < 4.78 is 13.9. The summed E-state index contributed by atoms with van der Waals surface area (Å²) >= 11 is 0. The van der Waals surface area contributed by atoms with Gasteiger partial charge in [0.25, 0.3) is 0 Å². The monoisotopic (exact) mass is 433 g/mol. The van der Waals surface area contributed by atoms with Gasteiger partial charge in [-0.05, 0) is 25.0 Å². The Hall–Kier alpha value is -3.48. The summed E-state index contributed by atoms with van der Waals surface area (Å²) in [6.07, 6.45) is 0. The SMILES string of the molecule is Cc1nc(-c2ccccc2)nc(N2CCN(C(=O)Nc3ccccc3F)CC2)c1C(C)C. The number of carbonyl (C=O) groups excluding carboxylic acids is 1. The van der Waals surface area contributed by atoms with Crippen molar-refractivity contribution in [2.45, 2.75) is 26.7 Å². The topological polar surface area (TPSA) is 61.4 Å². The molecule has 1 aromatic heterocycles. The van der Waals surface area contributed by atoms with Crippen LogP contribution in [0.25, 0.3) is 11.4 Å². The first kappa shape index (κ1) is 21.7. The van der Waals surface area contributed by atoms with Crippen molar-refractivity contribution in [3.05, 3.63) is 71.7 Å². The zero-order valence-electron chi connectivity index (χ0n) is 18.7. The molecule has 32 heavy (non-hydrogen) atoms. The van der Waals surface area contributed by atoms with Crippen molar-refractivity contribution in [3.8, 4) is 11.4 Å². The number of nitrogens with zero attached hydrogens (tertiary/aromatic N) is 4. The lowest BCUT2D eigenvalue weighted by atomic mass is 10.0. The van der Waals surface area contributed by atoms with E-state index in [1.54, 1.807) is 23.1 Å². The molecule has 0 spiro atoms. The molecule has 2 aromatic carbocycles. The molecule has 2 heterocycles. The highest BCUT2D eigenvalue weighted by Crippen LogP contribution is 2.31. The fourth-order valence-corrected chi connectivity index (χ4v) is 4.08. The number of hydrogen-bond donors (Lipinski definition) is 1. The van der Waals surface area contributed by atoms with Crippen LogP contribution in [0.5, 0.6) is 0 Å². The van der Waals surface area contributed by atoms with Crippen LogP contribution < -0.4 is 10.2 Å². The molecule has 0 aliphatic carbocycles. The number of hydrogen-bond acceptors (Lipinski definition) is 4. The Kier molecular flexibility index (Phi) is 6.35. The summed E-state index contributed by atoms with van der Waals surface area (Å²) in [6, 6.07) is 15.9. The largest absolute Gasteiger partial charge is 0.353 e. The molecule has 1 saturated heterocycles. The number of nitrogens with one attached hydrogen (secondary N) is 1. The second kappa shape index (κ2) is 9.34. The number of rotatable bonds is 4. The third-order valence-corrected chi connectivity index (χ3v) is 5.71. The Morgan fingerprint density at radius 3 is 2.28 bits per heavy atom. The number of aromatic nitrogens is 2. The van der Waals surface area contributed by atoms with E-state index in [-0.39, 0.29) is 17.6 Å². The highest BCUT2D eigenvalue weighted by Gasteiger charge is 2.26. The van der Waals surface area contributed by atoms with Crippen LogP contribution in [-0.2, 0) is 0 Å². The van der Waals surface area contributed by atoms with Gasteiger partial charge in [-0.15, -0.1) is 0 Å². The average Bonchev–Trinajstić information content (AvgIpc) is 2.80. The summed E-state index contributed by atoms with van der Waals surface area (Å²) in [5.41, 5.74) is 3.29. The molecule has 3 aromatic rings. The van der Waals surface area contributed by atoms with Gasteiger partial charge in [-0.3, -0.25) is 0 Å². The minimum Gasteiger partial charge on any atom is -0.353 e.